The van der Waals surface area contributed by atoms with Crippen LogP contribution in [0.5, 0.6) is 11.5 Å². The van der Waals surface area contributed by atoms with Crippen LogP contribution >= 0.6 is 34.5 Å². The van der Waals surface area contributed by atoms with Gasteiger partial charge in [-0.1, -0.05) is 47.5 Å². The molecule has 51 heavy (non-hydrogen) atoms. The number of benzene rings is 2. The molecule has 3 N–H and O–H groups in total. The molecule has 7 rings (SSSR count). The Labute approximate surface area is 310 Å². The van der Waals surface area contributed by atoms with Crippen molar-refractivity contribution in [1.29, 1.82) is 0 Å². The molecule has 3 fully saturated rings. The number of methoxy groups -OCH3 is 2. The molecule has 272 valence electrons. The molecule has 2 aromatic heterocycles. The predicted octanol–water partition coefficient (Wildman–Crippen LogP) is 6.85. The zero-order chi connectivity index (χ0) is 35.2. The van der Waals surface area contributed by atoms with E-state index >= 15 is 0 Å². The number of thiophene rings is 1. The van der Waals surface area contributed by atoms with Gasteiger partial charge in [-0.05, 0) is 67.7 Å². The van der Waals surface area contributed by atoms with Crippen molar-refractivity contribution in [2.75, 3.05) is 33.9 Å². The summed E-state index contributed by atoms with van der Waals surface area (Å²) in [6.07, 6.45) is 4.55. The Bertz CT molecular complexity index is 1800. The van der Waals surface area contributed by atoms with E-state index in [1.165, 1.54) is 24.5 Å². The van der Waals surface area contributed by atoms with Crippen LogP contribution in [0.3, 0.4) is 0 Å². The third-order valence-electron chi connectivity index (χ3n) is 9.33. The molecule has 3 atom stereocenters. The van der Waals surface area contributed by atoms with Crippen molar-refractivity contribution < 1.29 is 43.4 Å². The van der Waals surface area contributed by atoms with Crippen LogP contribution < -0.4 is 19.8 Å². The van der Waals surface area contributed by atoms with Gasteiger partial charge in [-0.25, -0.2) is 14.2 Å². The molecule has 0 spiro atoms. The highest BCUT2D eigenvalue weighted by atomic mass is 35.5. The number of carbonyl (C=O) groups is 2. The van der Waals surface area contributed by atoms with Gasteiger partial charge in [0.1, 0.15) is 32.9 Å². The van der Waals surface area contributed by atoms with E-state index < -0.39 is 23.9 Å². The molecule has 14 heteroatoms. The van der Waals surface area contributed by atoms with Gasteiger partial charge < -0.3 is 29.7 Å². The maximum Gasteiger partial charge on any atom is 0.348 e. The largest absolute Gasteiger partial charge is 0.870 e. The summed E-state index contributed by atoms with van der Waals surface area (Å²) in [7, 11) is 3.07. The molecule has 0 amide bonds. The average Bonchev–Trinajstić information content (AvgIpc) is 3.61. The summed E-state index contributed by atoms with van der Waals surface area (Å²) in [5, 5.41) is 4.14. The first kappa shape index (κ1) is 38.5. The standard InChI is InChI=1S/C37H38Cl2FN3O6S.H2O/c1-46-31-9-7-23(15-33(31)47-2)32(16-26-27(38)19-41-20-28(26)39)49-37(45)35-10-8-24(50-35)18-42-30(25-5-3-4-6-29(25)40)17-36(44)48-34-21-43-13-11-22(34)12-14-43;/h3-10,15,19-20,22,30,32,34,42H,11-14,16-18,21H2,1-2H3;1H2/t30?,32-,34-;/m0./s1. The van der Waals surface area contributed by atoms with Crippen LogP contribution in [0.1, 0.15) is 62.6 Å². The second-order valence-corrected chi connectivity index (χ2v) is 14.4. The number of pyridine rings is 1. The Morgan fingerprint density at radius 2 is 1.75 bits per heavy atom. The maximum absolute atomic E-state index is 15.0. The van der Waals surface area contributed by atoms with Crippen LogP contribution in [0.25, 0.3) is 0 Å². The van der Waals surface area contributed by atoms with Gasteiger partial charge in [0.25, 0.3) is 0 Å². The van der Waals surface area contributed by atoms with Crippen molar-refractivity contribution in [1.82, 2.24) is 10.2 Å². The molecule has 2 aromatic carbocycles. The number of esters is 2. The van der Waals surface area contributed by atoms with Crippen molar-refractivity contribution in [2.24, 2.45) is 5.92 Å². The van der Waals surface area contributed by atoms with Crippen LogP contribution in [0.4, 0.5) is 4.39 Å². The summed E-state index contributed by atoms with van der Waals surface area (Å²) in [6, 6.07) is 14.6. The first-order chi connectivity index (χ1) is 24.2. The lowest BCUT2D eigenvalue weighted by atomic mass is 9.86. The summed E-state index contributed by atoms with van der Waals surface area (Å²) in [6.45, 7) is 3.12. The summed E-state index contributed by atoms with van der Waals surface area (Å²) < 4.78 is 37.9. The molecule has 3 saturated heterocycles. The fourth-order valence-corrected chi connectivity index (χ4v) is 7.98. The van der Waals surface area contributed by atoms with E-state index in [2.05, 4.69) is 15.2 Å². The molecule has 0 aliphatic carbocycles. The first-order valence-electron chi connectivity index (χ1n) is 16.5. The Kier molecular flexibility index (Phi) is 13.3. The third-order valence-corrected chi connectivity index (χ3v) is 11.1. The monoisotopic (exact) mass is 759 g/mol. The highest BCUT2D eigenvalue weighted by molar-refractivity contribution is 7.13. The molecule has 1 unspecified atom stereocenters. The minimum absolute atomic E-state index is 0. The number of carbonyl (C=O) groups excluding carboxylic acids is 2. The van der Waals surface area contributed by atoms with Crippen LogP contribution in [0, 0.1) is 11.7 Å². The smallest absolute Gasteiger partial charge is 0.348 e. The van der Waals surface area contributed by atoms with Crippen molar-refractivity contribution >= 4 is 46.5 Å². The van der Waals surface area contributed by atoms with E-state index in [0.717, 1.165) is 37.4 Å². The third kappa shape index (κ3) is 9.37. The van der Waals surface area contributed by atoms with Crippen LogP contribution in [0.15, 0.2) is 67.0 Å². The van der Waals surface area contributed by atoms with Crippen molar-refractivity contribution in [2.45, 2.75) is 50.5 Å². The van der Waals surface area contributed by atoms with Crippen LogP contribution in [0.2, 0.25) is 10.0 Å². The maximum atomic E-state index is 15.0. The number of piperidine rings is 3. The lowest BCUT2D eigenvalue weighted by Crippen LogP contribution is -2.52. The van der Waals surface area contributed by atoms with Gasteiger partial charge in [0.05, 0.1) is 20.6 Å². The fraction of sp³-hybridized carbons (Fsp3) is 0.378. The quantitative estimate of drug-likeness (QED) is 0.137. The number of hydrogen-bond donors (Lipinski definition) is 1. The molecule has 0 saturated carbocycles. The number of aromatic amines is 1. The molecule has 2 bridgehead atoms. The summed E-state index contributed by atoms with van der Waals surface area (Å²) >= 11 is 14.2. The van der Waals surface area contributed by atoms with Gasteiger partial charge >= 0.3 is 11.9 Å². The summed E-state index contributed by atoms with van der Waals surface area (Å²) in [5.74, 6) is 0.0721. The Balaban J connectivity index is 0.00000504. The van der Waals surface area contributed by atoms with E-state index in [9.17, 15) is 14.0 Å². The van der Waals surface area contributed by atoms with E-state index in [1.807, 2.05) is 6.07 Å². The van der Waals surface area contributed by atoms with Crippen LogP contribution in [-0.4, -0.2) is 62.3 Å². The zero-order valence-corrected chi connectivity index (χ0v) is 30.5. The normalized spacial score (nSPS) is 19.0. The highest BCUT2D eigenvalue weighted by Crippen LogP contribution is 2.36. The van der Waals surface area contributed by atoms with E-state index in [0.29, 0.717) is 49.0 Å². The van der Waals surface area contributed by atoms with Crippen molar-refractivity contribution in [3.05, 3.63) is 109 Å². The zero-order valence-electron chi connectivity index (χ0n) is 28.2. The first-order valence-corrected chi connectivity index (χ1v) is 18.0. The molecule has 10 nitrogen and oxygen atoms in total. The number of fused-ring (bicyclic) bond motifs is 3. The van der Waals surface area contributed by atoms with E-state index in [-0.39, 0.29) is 36.9 Å². The minimum atomic E-state index is -0.768. The van der Waals surface area contributed by atoms with Gasteiger partial charge in [0, 0.05) is 41.6 Å². The molecular weight excluding hydrogens is 720 g/mol. The molecule has 3 aliphatic heterocycles. The van der Waals surface area contributed by atoms with Gasteiger partial charge in [-0.3, -0.25) is 9.69 Å². The predicted molar refractivity (Wildman–Crippen MR) is 190 cm³/mol. The molecule has 4 aromatic rings. The van der Waals surface area contributed by atoms with Crippen molar-refractivity contribution in [3.8, 4) is 11.5 Å². The number of halogens is 3. The van der Waals surface area contributed by atoms with Gasteiger partial charge in [-0.2, -0.15) is 0 Å². The van der Waals surface area contributed by atoms with Gasteiger partial charge in [0.2, 0.25) is 0 Å². The number of H-pyrrole nitrogens is 1. The number of nitrogens with zero attached hydrogens (tertiary/aromatic N) is 1. The highest BCUT2D eigenvalue weighted by Gasteiger charge is 2.37. The number of hydrogen-bond acceptors (Lipinski definition) is 10. The van der Waals surface area contributed by atoms with Crippen LogP contribution in [-0.2, 0) is 27.2 Å². The average molecular weight is 761 g/mol. The second-order valence-electron chi connectivity index (χ2n) is 12.4. The van der Waals surface area contributed by atoms with E-state index in [1.54, 1.807) is 62.0 Å². The van der Waals surface area contributed by atoms with Gasteiger partial charge in [-0.15, -0.1) is 11.3 Å². The lowest BCUT2D eigenvalue weighted by Gasteiger charge is -2.44. The number of aromatic nitrogens is 1. The number of ether oxygens (including phenoxy) is 4. The molecule has 5 heterocycles. The molecular formula is C37H40Cl2FN3O7S. The number of nitrogens with one attached hydrogen (secondary N) is 2. The SMILES string of the molecule is COc1ccc([C@H](Cc2c(Cl)c[nH+]cc2Cl)OC(=O)c2ccc(CNC(CC(=O)O[C@H]3CN4CCC3CC4)c3ccccc3F)s2)cc1OC.[OH-]. The minimum Gasteiger partial charge on any atom is -0.870 e. The Morgan fingerprint density at radius 3 is 2.41 bits per heavy atom. The lowest BCUT2D eigenvalue weighted by molar-refractivity contribution is -0.377. The fourth-order valence-electron chi connectivity index (χ4n) is 6.61. The van der Waals surface area contributed by atoms with E-state index in [4.69, 9.17) is 42.1 Å². The Hall–Kier alpha value is -3.78. The second kappa shape index (κ2) is 17.6. The molecule has 0 radical (unpaired) electrons. The van der Waals surface area contributed by atoms with Gasteiger partial charge in [0.15, 0.2) is 23.9 Å². The van der Waals surface area contributed by atoms with Crippen molar-refractivity contribution in [3.63, 3.8) is 0 Å². The number of rotatable bonds is 14. The summed E-state index contributed by atoms with van der Waals surface area (Å²) in [4.78, 5) is 33.1. The summed E-state index contributed by atoms with van der Waals surface area (Å²) in [5.41, 5.74) is 1.65. The Morgan fingerprint density at radius 1 is 1.02 bits per heavy atom. The topological polar surface area (TPSA) is 130 Å². The molecule has 3 aliphatic rings.